The monoisotopic (exact) mass is 271 g/mol. The predicted octanol–water partition coefficient (Wildman–Crippen LogP) is 1.67. The number of hydrogen-bond donors (Lipinski definition) is 1. The van der Waals surface area contributed by atoms with Gasteiger partial charge in [-0.15, -0.1) is 0 Å². The lowest BCUT2D eigenvalue weighted by Gasteiger charge is -2.25. The summed E-state index contributed by atoms with van der Waals surface area (Å²) in [5.41, 5.74) is 0.795. The minimum absolute atomic E-state index is 0.146. The van der Waals surface area contributed by atoms with Crippen LogP contribution >= 0.6 is 0 Å². The van der Waals surface area contributed by atoms with Crippen LogP contribution in [-0.4, -0.2) is 28.4 Å². The molecule has 1 aromatic carbocycles. The van der Waals surface area contributed by atoms with Gasteiger partial charge in [-0.2, -0.15) is 0 Å². The molecule has 1 fully saturated rings. The molecule has 1 aromatic rings. The molecule has 1 heterocycles. The van der Waals surface area contributed by atoms with E-state index in [1.165, 1.54) is 4.90 Å². The second-order valence-corrected chi connectivity index (χ2v) is 5.31. The van der Waals surface area contributed by atoms with Crippen LogP contribution < -0.4 is 0 Å². The summed E-state index contributed by atoms with van der Waals surface area (Å²) >= 11 is 0. The summed E-state index contributed by atoms with van der Waals surface area (Å²) in [4.78, 5) is 26.2. The Morgan fingerprint density at radius 3 is 2.10 bits per heavy atom. The Labute approximate surface area is 117 Å². The van der Waals surface area contributed by atoms with Crippen LogP contribution in [-0.2, 0) is 9.59 Å². The molecular formula is C16H17NO3. The number of fused-ring (bicyclic) bond motifs is 1. The predicted molar refractivity (Wildman–Crippen MR) is 73.5 cm³/mol. The van der Waals surface area contributed by atoms with E-state index in [2.05, 4.69) is 0 Å². The highest BCUT2D eigenvalue weighted by molar-refractivity contribution is 6.05. The van der Waals surface area contributed by atoms with E-state index < -0.39 is 6.04 Å². The minimum atomic E-state index is -0.568. The summed E-state index contributed by atoms with van der Waals surface area (Å²) in [5, 5.41) is 9.65. The van der Waals surface area contributed by atoms with Gasteiger partial charge in [0.2, 0.25) is 11.8 Å². The van der Waals surface area contributed by atoms with E-state index in [9.17, 15) is 14.7 Å². The summed E-state index contributed by atoms with van der Waals surface area (Å²) < 4.78 is 0. The van der Waals surface area contributed by atoms with Crippen LogP contribution in [0.5, 0.6) is 0 Å². The lowest BCUT2D eigenvalue weighted by atomic mass is 9.85. The molecule has 1 aliphatic carbocycles. The molecule has 1 aliphatic heterocycles. The van der Waals surface area contributed by atoms with Crippen molar-refractivity contribution in [3.63, 3.8) is 0 Å². The van der Waals surface area contributed by atoms with Crippen molar-refractivity contribution < 1.29 is 14.7 Å². The van der Waals surface area contributed by atoms with Gasteiger partial charge in [0.05, 0.1) is 24.5 Å². The Morgan fingerprint density at radius 2 is 1.60 bits per heavy atom. The summed E-state index contributed by atoms with van der Waals surface area (Å²) in [6.07, 6.45) is 5.18. The molecular weight excluding hydrogens is 254 g/mol. The maximum absolute atomic E-state index is 12.5. The lowest BCUT2D eigenvalue weighted by Crippen LogP contribution is -2.37. The Hall–Kier alpha value is -1.94. The van der Waals surface area contributed by atoms with Gasteiger partial charge in [-0.1, -0.05) is 42.5 Å². The quantitative estimate of drug-likeness (QED) is 0.672. The van der Waals surface area contributed by atoms with Crippen LogP contribution in [0.1, 0.15) is 24.4 Å². The number of rotatable bonds is 3. The number of carbonyl (C=O) groups is 2. The van der Waals surface area contributed by atoms with E-state index in [1.54, 1.807) is 0 Å². The van der Waals surface area contributed by atoms with Crippen molar-refractivity contribution in [1.29, 1.82) is 0 Å². The van der Waals surface area contributed by atoms with Crippen LogP contribution in [0, 0.1) is 11.8 Å². The van der Waals surface area contributed by atoms with Crippen molar-refractivity contribution >= 4 is 11.8 Å². The third-order valence-corrected chi connectivity index (χ3v) is 4.21. The van der Waals surface area contributed by atoms with Crippen LogP contribution in [0.4, 0.5) is 0 Å². The first kappa shape index (κ1) is 13.1. The topological polar surface area (TPSA) is 57.6 Å². The molecule has 1 N–H and O–H groups in total. The molecule has 2 unspecified atom stereocenters. The van der Waals surface area contributed by atoms with E-state index in [4.69, 9.17) is 0 Å². The second kappa shape index (κ2) is 5.21. The summed E-state index contributed by atoms with van der Waals surface area (Å²) in [6.45, 7) is -0.242. The zero-order valence-corrected chi connectivity index (χ0v) is 11.1. The smallest absolute Gasteiger partial charge is 0.234 e. The number of nitrogens with zero attached hydrogens (tertiary/aromatic N) is 1. The third kappa shape index (κ3) is 1.96. The molecule has 0 radical (unpaired) electrons. The van der Waals surface area contributed by atoms with Crippen molar-refractivity contribution in [1.82, 2.24) is 4.90 Å². The zero-order chi connectivity index (χ0) is 14.1. The molecule has 0 bridgehead atoms. The van der Waals surface area contributed by atoms with Gasteiger partial charge in [0.1, 0.15) is 0 Å². The van der Waals surface area contributed by atoms with Gasteiger partial charge < -0.3 is 5.11 Å². The number of amides is 2. The summed E-state index contributed by atoms with van der Waals surface area (Å²) in [7, 11) is 0. The van der Waals surface area contributed by atoms with Crippen LogP contribution in [0.3, 0.4) is 0 Å². The van der Waals surface area contributed by atoms with Gasteiger partial charge in [0, 0.05) is 0 Å². The number of allylic oxidation sites excluding steroid dienone is 2. The van der Waals surface area contributed by atoms with E-state index in [0.29, 0.717) is 12.8 Å². The third-order valence-electron chi connectivity index (χ3n) is 4.21. The maximum Gasteiger partial charge on any atom is 0.234 e. The summed E-state index contributed by atoms with van der Waals surface area (Å²) in [5.74, 6) is -0.782. The number of likely N-dealkylation sites (tertiary alicyclic amines) is 1. The number of carbonyl (C=O) groups excluding carboxylic acids is 2. The van der Waals surface area contributed by atoms with E-state index in [-0.39, 0.29) is 30.3 Å². The normalized spacial score (nSPS) is 26.8. The Morgan fingerprint density at radius 1 is 1.05 bits per heavy atom. The van der Waals surface area contributed by atoms with Crippen molar-refractivity contribution in [2.45, 2.75) is 18.9 Å². The van der Waals surface area contributed by atoms with Gasteiger partial charge >= 0.3 is 0 Å². The maximum atomic E-state index is 12.5. The SMILES string of the molecule is O=C1C2CC=CCC2C(=O)N1[C@H](CO)c1ccccc1. The van der Waals surface area contributed by atoms with Gasteiger partial charge in [0.25, 0.3) is 0 Å². The second-order valence-electron chi connectivity index (χ2n) is 5.31. The molecule has 0 spiro atoms. The van der Waals surface area contributed by atoms with E-state index >= 15 is 0 Å². The highest BCUT2D eigenvalue weighted by Crippen LogP contribution is 2.39. The Balaban J connectivity index is 1.93. The van der Waals surface area contributed by atoms with Crippen LogP contribution in [0.2, 0.25) is 0 Å². The van der Waals surface area contributed by atoms with Crippen molar-refractivity contribution in [3.05, 3.63) is 48.0 Å². The fourth-order valence-corrected chi connectivity index (χ4v) is 3.14. The van der Waals surface area contributed by atoms with Crippen molar-refractivity contribution in [3.8, 4) is 0 Å². The molecule has 3 atom stereocenters. The van der Waals surface area contributed by atoms with E-state index in [0.717, 1.165) is 5.56 Å². The molecule has 4 heteroatoms. The molecule has 2 amide bonds. The molecule has 4 nitrogen and oxygen atoms in total. The molecule has 0 aromatic heterocycles. The number of hydrogen-bond acceptors (Lipinski definition) is 3. The molecule has 104 valence electrons. The molecule has 1 saturated heterocycles. The van der Waals surface area contributed by atoms with Crippen molar-refractivity contribution in [2.24, 2.45) is 11.8 Å². The lowest BCUT2D eigenvalue weighted by molar-refractivity contribution is -0.143. The molecule has 2 aliphatic rings. The number of aliphatic hydroxyl groups is 1. The van der Waals surface area contributed by atoms with Gasteiger partial charge in [-0.05, 0) is 18.4 Å². The van der Waals surface area contributed by atoms with Gasteiger partial charge in [-0.25, -0.2) is 0 Å². The first-order valence-electron chi connectivity index (χ1n) is 6.91. The Kier molecular flexibility index (Phi) is 3.40. The average Bonchev–Trinajstić information content (AvgIpc) is 2.75. The van der Waals surface area contributed by atoms with Crippen LogP contribution in [0.25, 0.3) is 0 Å². The fraction of sp³-hybridized carbons (Fsp3) is 0.375. The zero-order valence-electron chi connectivity index (χ0n) is 11.1. The largest absolute Gasteiger partial charge is 0.394 e. The summed E-state index contributed by atoms with van der Waals surface area (Å²) in [6, 6.07) is 8.66. The van der Waals surface area contributed by atoms with Gasteiger partial charge in [-0.3, -0.25) is 14.5 Å². The first-order valence-corrected chi connectivity index (χ1v) is 6.91. The van der Waals surface area contributed by atoms with E-state index in [1.807, 2.05) is 42.5 Å². The van der Waals surface area contributed by atoms with Gasteiger partial charge in [0.15, 0.2) is 0 Å². The Bertz CT molecular complexity index is 526. The highest BCUT2D eigenvalue weighted by atomic mass is 16.3. The minimum Gasteiger partial charge on any atom is -0.394 e. The average molecular weight is 271 g/mol. The number of imide groups is 1. The number of aliphatic hydroxyl groups excluding tert-OH is 1. The fourth-order valence-electron chi connectivity index (χ4n) is 3.14. The van der Waals surface area contributed by atoms with Crippen LogP contribution in [0.15, 0.2) is 42.5 Å². The standard InChI is InChI=1S/C16H17NO3/c18-10-14(11-6-2-1-3-7-11)17-15(19)12-8-4-5-9-13(12)16(17)20/h1-7,12-14,18H,8-10H2/t12?,13?,14-/m1/s1. The molecule has 20 heavy (non-hydrogen) atoms. The highest BCUT2D eigenvalue weighted by Gasteiger charge is 2.49. The molecule has 0 saturated carbocycles. The first-order chi connectivity index (χ1) is 9.74. The van der Waals surface area contributed by atoms with Crippen molar-refractivity contribution in [2.75, 3.05) is 6.61 Å². The number of benzene rings is 1. The molecule has 3 rings (SSSR count).